The molecule has 1 aromatic heterocycles. The molecular formula is C21H17F2N3O2. The monoisotopic (exact) mass is 381 g/mol. The predicted octanol–water partition coefficient (Wildman–Crippen LogP) is 3.58. The first kappa shape index (κ1) is 19.2. The Kier molecular flexibility index (Phi) is 6.06. The van der Waals surface area contributed by atoms with Crippen molar-refractivity contribution in [3.8, 4) is 0 Å². The van der Waals surface area contributed by atoms with E-state index >= 15 is 0 Å². The van der Waals surface area contributed by atoms with E-state index in [1.165, 1.54) is 48.7 Å². The molecule has 0 atom stereocenters. The van der Waals surface area contributed by atoms with Crippen molar-refractivity contribution in [2.24, 2.45) is 0 Å². The molecule has 142 valence electrons. The number of benzene rings is 2. The average molecular weight is 381 g/mol. The van der Waals surface area contributed by atoms with Crippen molar-refractivity contribution in [2.45, 2.75) is 6.42 Å². The molecule has 0 saturated carbocycles. The third-order valence-electron chi connectivity index (χ3n) is 3.99. The van der Waals surface area contributed by atoms with E-state index in [1.807, 2.05) is 0 Å². The number of hydrogen-bond acceptors (Lipinski definition) is 3. The third kappa shape index (κ3) is 4.97. The first-order valence-corrected chi connectivity index (χ1v) is 8.57. The zero-order chi connectivity index (χ0) is 19.9. The van der Waals surface area contributed by atoms with Crippen molar-refractivity contribution in [3.05, 3.63) is 95.3 Å². The van der Waals surface area contributed by atoms with Gasteiger partial charge in [0, 0.05) is 18.3 Å². The number of anilines is 1. The van der Waals surface area contributed by atoms with Gasteiger partial charge in [-0.1, -0.05) is 24.3 Å². The second-order valence-corrected chi connectivity index (χ2v) is 6.00. The molecule has 0 bridgehead atoms. The first-order chi connectivity index (χ1) is 13.5. The van der Waals surface area contributed by atoms with Crippen molar-refractivity contribution in [1.82, 2.24) is 10.3 Å². The number of pyridine rings is 1. The average Bonchev–Trinajstić information content (AvgIpc) is 2.71. The van der Waals surface area contributed by atoms with Crippen molar-refractivity contribution in [3.63, 3.8) is 0 Å². The Morgan fingerprint density at radius 2 is 1.68 bits per heavy atom. The minimum absolute atomic E-state index is 0.0506. The number of nitrogens with one attached hydrogen (secondary N) is 2. The van der Waals surface area contributed by atoms with Gasteiger partial charge in [0.1, 0.15) is 17.3 Å². The molecule has 2 aromatic carbocycles. The summed E-state index contributed by atoms with van der Waals surface area (Å²) in [4.78, 5) is 28.5. The highest BCUT2D eigenvalue weighted by Gasteiger charge is 2.13. The molecule has 2 N–H and O–H groups in total. The van der Waals surface area contributed by atoms with Crippen molar-refractivity contribution < 1.29 is 18.4 Å². The fourth-order valence-electron chi connectivity index (χ4n) is 2.52. The van der Waals surface area contributed by atoms with E-state index in [4.69, 9.17) is 0 Å². The van der Waals surface area contributed by atoms with Gasteiger partial charge in [-0.25, -0.2) is 8.78 Å². The third-order valence-corrected chi connectivity index (χ3v) is 3.99. The van der Waals surface area contributed by atoms with Gasteiger partial charge in [0.25, 0.3) is 11.8 Å². The number of hydrogen-bond donors (Lipinski definition) is 2. The summed E-state index contributed by atoms with van der Waals surface area (Å²) in [6, 6.07) is 14.6. The molecule has 7 heteroatoms. The lowest BCUT2D eigenvalue weighted by molar-refractivity contribution is 0.0949. The number of halogens is 2. The predicted molar refractivity (Wildman–Crippen MR) is 101 cm³/mol. The number of rotatable bonds is 6. The fraction of sp³-hybridized carbons (Fsp3) is 0.0952. The van der Waals surface area contributed by atoms with Crippen molar-refractivity contribution in [2.75, 3.05) is 11.9 Å². The Morgan fingerprint density at radius 1 is 0.929 bits per heavy atom. The number of carbonyl (C=O) groups excluding carboxylic acids is 2. The molecule has 0 aliphatic heterocycles. The van der Waals surface area contributed by atoms with E-state index in [1.54, 1.807) is 18.2 Å². The summed E-state index contributed by atoms with van der Waals surface area (Å²) < 4.78 is 26.6. The van der Waals surface area contributed by atoms with Crippen molar-refractivity contribution in [1.29, 1.82) is 0 Å². The molecule has 0 fully saturated rings. The van der Waals surface area contributed by atoms with Gasteiger partial charge in [-0.2, -0.15) is 0 Å². The number of carbonyl (C=O) groups is 2. The molecule has 0 radical (unpaired) electrons. The molecule has 0 saturated heterocycles. The van der Waals surface area contributed by atoms with Gasteiger partial charge in [-0.3, -0.25) is 14.6 Å². The Balaban J connectivity index is 1.60. The van der Waals surface area contributed by atoms with Gasteiger partial charge < -0.3 is 10.6 Å². The highest BCUT2D eigenvalue weighted by Crippen LogP contribution is 2.14. The summed E-state index contributed by atoms with van der Waals surface area (Å²) in [7, 11) is 0. The maximum atomic E-state index is 13.7. The molecule has 2 amide bonds. The van der Waals surface area contributed by atoms with Crippen LogP contribution < -0.4 is 10.6 Å². The largest absolute Gasteiger partial charge is 0.350 e. The van der Waals surface area contributed by atoms with Crippen LogP contribution in [0.1, 0.15) is 26.4 Å². The summed E-state index contributed by atoms with van der Waals surface area (Å²) >= 11 is 0. The molecule has 0 spiro atoms. The lowest BCUT2D eigenvalue weighted by atomic mass is 10.1. The normalized spacial score (nSPS) is 10.4. The number of para-hydroxylation sites is 1. The Bertz CT molecular complexity index is 991. The van der Waals surface area contributed by atoms with Crippen LogP contribution in [0.2, 0.25) is 0 Å². The van der Waals surface area contributed by atoms with Crippen LogP contribution >= 0.6 is 0 Å². The molecule has 0 aliphatic carbocycles. The molecular weight excluding hydrogens is 364 g/mol. The zero-order valence-corrected chi connectivity index (χ0v) is 14.8. The van der Waals surface area contributed by atoms with Crippen LogP contribution in [0, 0.1) is 11.6 Å². The maximum absolute atomic E-state index is 13.7. The van der Waals surface area contributed by atoms with E-state index in [0.29, 0.717) is 13.0 Å². The van der Waals surface area contributed by atoms with Gasteiger partial charge in [-0.05, 0) is 48.4 Å². The Morgan fingerprint density at radius 3 is 2.43 bits per heavy atom. The SMILES string of the molecule is O=C(Nc1ccccc1F)c1ccnc(C(=O)NCCc2ccc(F)cc2)c1. The number of amides is 2. The minimum Gasteiger partial charge on any atom is -0.350 e. The maximum Gasteiger partial charge on any atom is 0.269 e. The highest BCUT2D eigenvalue weighted by atomic mass is 19.1. The van der Waals surface area contributed by atoms with Crippen LogP contribution in [-0.2, 0) is 6.42 Å². The van der Waals surface area contributed by atoms with Gasteiger partial charge >= 0.3 is 0 Å². The van der Waals surface area contributed by atoms with Gasteiger partial charge in [-0.15, -0.1) is 0 Å². The second kappa shape index (κ2) is 8.85. The number of nitrogens with zero attached hydrogens (tertiary/aromatic N) is 1. The highest BCUT2D eigenvalue weighted by molar-refractivity contribution is 6.05. The van der Waals surface area contributed by atoms with Crippen LogP contribution in [0.15, 0.2) is 66.9 Å². The van der Waals surface area contributed by atoms with E-state index in [0.717, 1.165) is 5.56 Å². The van der Waals surface area contributed by atoms with Crippen LogP contribution in [0.25, 0.3) is 0 Å². The quantitative estimate of drug-likeness (QED) is 0.686. The molecule has 1 heterocycles. The smallest absolute Gasteiger partial charge is 0.269 e. The van der Waals surface area contributed by atoms with Crippen molar-refractivity contribution >= 4 is 17.5 Å². The summed E-state index contributed by atoms with van der Waals surface area (Å²) in [5.74, 6) is -1.86. The first-order valence-electron chi connectivity index (χ1n) is 8.57. The van der Waals surface area contributed by atoms with E-state index in [-0.39, 0.29) is 22.8 Å². The van der Waals surface area contributed by atoms with Crippen LogP contribution in [0.5, 0.6) is 0 Å². The van der Waals surface area contributed by atoms with Crippen LogP contribution in [-0.4, -0.2) is 23.3 Å². The molecule has 3 aromatic rings. The Labute approximate surface area is 160 Å². The molecule has 0 unspecified atom stereocenters. The summed E-state index contributed by atoms with van der Waals surface area (Å²) in [5.41, 5.74) is 1.18. The van der Waals surface area contributed by atoms with Crippen LogP contribution in [0.3, 0.4) is 0 Å². The van der Waals surface area contributed by atoms with E-state index < -0.39 is 17.6 Å². The minimum atomic E-state index is -0.552. The topological polar surface area (TPSA) is 71.1 Å². The molecule has 5 nitrogen and oxygen atoms in total. The van der Waals surface area contributed by atoms with E-state index in [2.05, 4.69) is 15.6 Å². The Hall–Kier alpha value is -3.61. The standard InChI is InChI=1S/C21H17F2N3O2/c22-16-7-5-14(6-8-16)9-11-25-21(28)19-13-15(10-12-24-19)20(27)26-18-4-2-1-3-17(18)23/h1-8,10,12-13H,9,11H2,(H,25,28)(H,26,27). The van der Waals surface area contributed by atoms with Gasteiger partial charge in [0.2, 0.25) is 0 Å². The second-order valence-electron chi connectivity index (χ2n) is 6.00. The summed E-state index contributed by atoms with van der Waals surface area (Å²) in [6.45, 7) is 0.331. The zero-order valence-electron chi connectivity index (χ0n) is 14.8. The van der Waals surface area contributed by atoms with Gasteiger partial charge in [0.05, 0.1) is 5.69 Å². The fourth-order valence-corrected chi connectivity index (χ4v) is 2.52. The van der Waals surface area contributed by atoms with Crippen LogP contribution in [0.4, 0.5) is 14.5 Å². The van der Waals surface area contributed by atoms with E-state index in [9.17, 15) is 18.4 Å². The molecule has 28 heavy (non-hydrogen) atoms. The summed E-state index contributed by atoms with van der Waals surface area (Å²) in [6.07, 6.45) is 1.87. The lowest BCUT2D eigenvalue weighted by Gasteiger charge is -2.08. The molecule has 0 aliphatic rings. The summed E-state index contributed by atoms with van der Waals surface area (Å²) in [5, 5.41) is 5.16. The lowest BCUT2D eigenvalue weighted by Crippen LogP contribution is -2.27. The molecule has 3 rings (SSSR count). The number of aromatic nitrogens is 1. The van der Waals surface area contributed by atoms with Gasteiger partial charge in [0.15, 0.2) is 0 Å².